The van der Waals surface area contributed by atoms with Crippen molar-refractivity contribution in [3.63, 3.8) is 0 Å². The van der Waals surface area contributed by atoms with Gasteiger partial charge in [-0.15, -0.1) is 0 Å². The lowest BCUT2D eigenvalue weighted by atomic mass is 9.87. The van der Waals surface area contributed by atoms with Gasteiger partial charge in [0, 0.05) is 5.69 Å². The van der Waals surface area contributed by atoms with Crippen LogP contribution in [0, 0.1) is 5.41 Å². The van der Waals surface area contributed by atoms with E-state index in [-0.39, 0.29) is 16.9 Å². The van der Waals surface area contributed by atoms with Gasteiger partial charge >= 0.3 is 5.97 Å². The quantitative estimate of drug-likeness (QED) is 0.761. The number of amides is 1. The molecule has 0 saturated carbocycles. The lowest BCUT2D eigenvalue weighted by Gasteiger charge is -2.25. The van der Waals surface area contributed by atoms with Gasteiger partial charge in [0.05, 0.1) is 11.6 Å². The van der Waals surface area contributed by atoms with Gasteiger partial charge in [-0.3, -0.25) is 4.79 Å². The summed E-state index contributed by atoms with van der Waals surface area (Å²) in [5.41, 5.74) is 6.01. The highest BCUT2D eigenvalue weighted by Crippen LogP contribution is 2.19. The van der Waals surface area contributed by atoms with E-state index in [9.17, 15) is 9.59 Å². The Labute approximate surface area is 106 Å². The number of hydrogen-bond donors (Lipinski definition) is 3. The Bertz CT molecular complexity index is 464. The summed E-state index contributed by atoms with van der Waals surface area (Å²) < 4.78 is 0. The van der Waals surface area contributed by atoms with Gasteiger partial charge in [0.25, 0.3) is 0 Å². The molecule has 0 saturated heterocycles. The van der Waals surface area contributed by atoms with Crippen LogP contribution in [-0.4, -0.2) is 23.0 Å². The molecule has 1 atom stereocenters. The third kappa shape index (κ3) is 3.56. The van der Waals surface area contributed by atoms with Gasteiger partial charge in [-0.25, -0.2) is 4.79 Å². The molecule has 4 N–H and O–H groups in total. The molecule has 0 fully saturated rings. The molecule has 0 radical (unpaired) electrons. The minimum absolute atomic E-state index is 0.122. The summed E-state index contributed by atoms with van der Waals surface area (Å²) in [5, 5.41) is 11.5. The topological polar surface area (TPSA) is 92.4 Å². The molecular formula is C13H18N2O3. The Balaban J connectivity index is 2.82. The number of rotatable bonds is 3. The number of carboxylic acids is 1. The van der Waals surface area contributed by atoms with Gasteiger partial charge in [0.2, 0.25) is 5.91 Å². The van der Waals surface area contributed by atoms with E-state index in [0.29, 0.717) is 5.69 Å². The van der Waals surface area contributed by atoms with E-state index in [1.807, 2.05) is 20.8 Å². The molecule has 0 aliphatic heterocycles. The molecule has 0 heterocycles. The number of nitrogens with two attached hydrogens (primary N) is 1. The van der Waals surface area contributed by atoms with Crippen molar-refractivity contribution in [2.24, 2.45) is 11.1 Å². The zero-order valence-electron chi connectivity index (χ0n) is 10.7. The summed E-state index contributed by atoms with van der Waals surface area (Å²) in [5.74, 6) is -1.36. The second-order valence-electron chi connectivity index (χ2n) is 5.22. The number of benzene rings is 1. The number of carbonyl (C=O) groups is 2. The molecule has 1 aromatic carbocycles. The highest BCUT2D eigenvalue weighted by atomic mass is 16.4. The first-order chi connectivity index (χ1) is 8.21. The molecule has 1 rings (SSSR count). The van der Waals surface area contributed by atoms with Crippen molar-refractivity contribution in [1.82, 2.24) is 0 Å². The SMILES string of the molecule is CC(C)(C)C(N)C(=O)Nc1cccc(C(=O)O)c1. The van der Waals surface area contributed by atoms with Crippen LogP contribution in [0.5, 0.6) is 0 Å². The molecule has 5 heteroatoms. The summed E-state index contributed by atoms with van der Waals surface area (Å²) in [6, 6.07) is 5.39. The second kappa shape index (κ2) is 5.18. The van der Waals surface area contributed by atoms with Crippen LogP contribution in [0.15, 0.2) is 24.3 Å². The number of carboxylic acid groups (broad SMARTS) is 1. The van der Waals surface area contributed by atoms with Gasteiger partial charge in [0.15, 0.2) is 0 Å². The minimum atomic E-state index is -1.04. The first kappa shape index (κ1) is 14.2. The molecule has 1 amide bonds. The molecule has 1 aromatic rings. The van der Waals surface area contributed by atoms with Crippen molar-refractivity contribution in [3.8, 4) is 0 Å². The lowest BCUT2D eigenvalue weighted by Crippen LogP contribution is -2.45. The molecule has 0 aliphatic rings. The molecule has 1 unspecified atom stereocenters. The summed E-state index contributed by atoms with van der Waals surface area (Å²) in [4.78, 5) is 22.7. The van der Waals surface area contributed by atoms with E-state index in [1.165, 1.54) is 12.1 Å². The third-order valence-electron chi connectivity index (χ3n) is 2.59. The Morgan fingerprint density at radius 3 is 2.44 bits per heavy atom. The zero-order chi connectivity index (χ0) is 13.9. The van der Waals surface area contributed by atoms with Gasteiger partial charge in [-0.05, 0) is 23.6 Å². The van der Waals surface area contributed by atoms with Crippen LogP contribution in [-0.2, 0) is 4.79 Å². The second-order valence-corrected chi connectivity index (χ2v) is 5.22. The maximum absolute atomic E-state index is 11.9. The number of anilines is 1. The Morgan fingerprint density at radius 2 is 1.94 bits per heavy atom. The van der Waals surface area contributed by atoms with Gasteiger partial charge in [0.1, 0.15) is 0 Å². The van der Waals surface area contributed by atoms with Crippen LogP contribution in [0.25, 0.3) is 0 Å². The molecule has 18 heavy (non-hydrogen) atoms. The third-order valence-corrected chi connectivity index (χ3v) is 2.59. The maximum atomic E-state index is 11.9. The predicted molar refractivity (Wildman–Crippen MR) is 69.5 cm³/mol. The number of hydrogen-bond acceptors (Lipinski definition) is 3. The van der Waals surface area contributed by atoms with E-state index in [0.717, 1.165) is 0 Å². The largest absolute Gasteiger partial charge is 0.478 e. The van der Waals surface area contributed by atoms with Crippen LogP contribution >= 0.6 is 0 Å². The molecular weight excluding hydrogens is 232 g/mol. The fraction of sp³-hybridized carbons (Fsp3) is 0.385. The Morgan fingerprint density at radius 1 is 1.33 bits per heavy atom. The van der Waals surface area contributed by atoms with Crippen LogP contribution in [0.2, 0.25) is 0 Å². The maximum Gasteiger partial charge on any atom is 0.335 e. The van der Waals surface area contributed by atoms with E-state index in [4.69, 9.17) is 10.8 Å². The molecule has 0 aliphatic carbocycles. The highest BCUT2D eigenvalue weighted by Gasteiger charge is 2.27. The van der Waals surface area contributed by atoms with E-state index in [1.54, 1.807) is 12.1 Å². The van der Waals surface area contributed by atoms with Crippen LogP contribution in [0.3, 0.4) is 0 Å². The van der Waals surface area contributed by atoms with E-state index in [2.05, 4.69) is 5.32 Å². The fourth-order valence-corrected chi connectivity index (χ4v) is 1.34. The molecule has 5 nitrogen and oxygen atoms in total. The first-order valence-corrected chi connectivity index (χ1v) is 5.61. The zero-order valence-corrected chi connectivity index (χ0v) is 10.7. The lowest BCUT2D eigenvalue weighted by molar-refractivity contribution is -0.119. The molecule has 0 bridgehead atoms. The van der Waals surface area contributed by atoms with Crippen molar-refractivity contribution >= 4 is 17.6 Å². The monoisotopic (exact) mass is 250 g/mol. The fourth-order valence-electron chi connectivity index (χ4n) is 1.34. The average molecular weight is 250 g/mol. The standard InChI is InChI=1S/C13H18N2O3/c1-13(2,3)10(14)11(16)15-9-6-4-5-8(7-9)12(17)18/h4-7,10H,14H2,1-3H3,(H,15,16)(H,17,18). The summed E-state index contributed by atoms with van der Waals surface area (Å²) in [6.45, 7) is 5.60. The van der Waals surface area contributed by atoms with Crippen LogP contribution in [0.4, 0.5) is 5.69 Å². The summed E-state index contributed by atoms with van der Waals surface area (Å²) in [7, 11) is 0. The smallest absolute Gasteiger partial charge is 0.335 e. The van der Waals surface area contributed by atoms with Crippen molar-refractivity contribution in [2.45, 2.75) is 26.8 Å². The Hall–Kier alpha value is -1.88. The van der Waals surface area contributed by atoms with E-state index >= 15 is 0 Å². The molecule has 0 aromatic heterocycles. The van der Waals surface area contributed by atoms with Crippen LogP contribution in [0.1, 0.15) is 31.1 Å². The number of carbonyl (C=O) groups excluding carboxylic acids is 1. The van der Waals surface area contributed by atoms with Gasteiger partial charge in [-0.1, -0.05) is 26.8 Å². The van der Waals surface area contributed by atoms with Gasteiger partial charge in [-0.2, -0.15) is 0 Å². The number of aromatic carboxylic acids is 1. The van der Waals surface area contributed by atoms with Crippen molar-refractivity contribution in [1.29, 1.82) is 0 Å². The molecule has 0 spiro atoms. The number of nitrogens with one attached hydrogen (secondary N) is 1. The average Bonchev–Trinajstić information content (AvgIpc) is 2.27. The first-order valence-electron chi connectivity index (χ1n) is 5.61. The van der Waals surface area contributed by atoms with Crippen LogP contribution < -0.4 is 11.1 Å². The Kier molecular flexibility index (Phi) is 4.08. The highest BCUT2D eigenvalue weighted by molar-refractivity contribution is 5.96. The minimum Gasteiger partial charge on any atom is -0.478 e. The normalized spacial score (nSPS) is 12.9. The van der Waals surface area contributed by atoms with E-state index < -0.39 is 12.0 Å². The predicted octanol–water partition coefficient (Wildman–Crippen LogP) is 1.70. The van der Waals surface area contributed by atoms with Crippen molar-refractivity contribution < 1.29 is 14.7 Å². The summed E-state index contributed by atoms with van der Waals surface area (Å²) in [6.07, 6.45) is 0. The van der Waals surface area contributed by atoms with Crippen molar-refractivity contribution in [3.05, 3.63) is 29.8 Å². The summed E-state index contributed by atoms with van der Waals surface area (Å²) >= 11 is 0. The van der Waals surface area contributed by atoms with Crippen molar-refractivity contribution in [2.75, 3.05) is 5.32 Å². The molecule has 98 valence electrons. The van der Waals surface area contributed by atoms with Gasteiger partial charge < -0.3 is 16.2 Å².